The van der Waals surface area contributed by atoms with E-state index in [2.05, 4.69) is 4.13 Å². The molecule has 1 aliphatic rings. The number of nitrogens with zero attached hydrogens (tertiary/aromatic N) is 4. The minimum atomic E-state index is -7.51. The Balaban J connectivity index is -0.000000279. The number of benzene rings is 1. The quantitative estimate of drug-likeness (QED) is 0.0702. The zero-order valence-corrected chi connectivity index (χ0v) is 61.0. The highest BCUT2D eigenvalue weighted by atomic mass is 32.3. The molecule has 0 radical (unpaired) electrons. The fourth-order valence-electron chi connectivity index (χ4n) is 3.91. The maximum atomic E-state index is 12.9. The van der Waals surface area contributed by atoms with Gasteiger partial charge >= 0.3 is 51.2 Å². The molecule has 0 spiro atoms. The van der Waals surface area contributed by atoms with Crippen LogP contribution in [0.15, 0.2) is 4.90 Å². The molecular weight excluding hydrogens is 1910 g/mol. The Morgan fingerprint density at radius 2 is 0.645 bits per heavy atom. The lowest BCUT2D eigenvalue weighted by atomic mass is 10.1. The second-order valence-corrected chi connectivity index (χ2v) is 42.2. The summed E-state index contributed by atoms with van der Waals surface area (Å²) in [5, 5.41) is -13.4. The third-order valence-electron chi connectivity index (χ3n) is 7.79. The number of hydrogen-bond acceptors (Lipinski definition) is 31. The lowest BCUT2D eigenvalue weighted by molar-refractivity contribution is -0.382. The summed E-state index contributed by atoms with van der Waals surface area (Å²) in [6, 6.07) is 0. The molecule has 0 amide bonds. The van der Waals surface area contributed by atoms with Crippen LogP contribution in [0, 0.1) is 33.0 Å². The van der Waals surface area contributed by atoms with Gasteiger partial charge in [0.1, 0.15) is 30.9 Å². The molecule has 1 heterocycles. The summed E-state index contributed by atoms with van der Waals surface area (Å²) in [5.41, 5.74) is -18.7. The number of rotatable bonds is 17. The first-order valence-corrected chi connectivity index (χ1v) is 44.7. The van der Waals surface area contributed by atoms with Gasteiger partial charge in [0.2, 0.25) is 5.82 Å². The van der Waals surface area contributed by atoms with Gasteiger partial charge in [0.15, 0.2) is 73.0 Å². The van der Waals surface area contributed by atoms with Crippen molar-refractivity contribution < 1.29 is 263 Å². The Hall–Kier alpha value is -3.86. The molecule has 0 aromatic heterocycles. The van der Waals surface area contributed by atoms with Crippen molar-refractivity contribution in [3.05, 3.63) is 49.5 Å². The molecule has 79 heteroatoms. The van der Waals surface area contributed by atoms with E-state index >= 15 is 0 Å². The van der Waals surface area contributed by atoms with E-state index in [9.17, 15) is 250 Å². The van der Waals surface area contributed by atoms with Crippen molar-refractivity contribution in [2.75, 3.05) is 48.5 Å². The van der Waals surface area contributed by atoms with E-state index < -0.39 is 254 Å². The monoisotopic (exact) mass is 1930 g/mol. The fourth-order valence-corrected chi connectivity index (χ4v) is 20.4. The molecule has 0 unspecified atom stereocenters. The first-order chi connectivity index (χ1) is 45.1. The summed E-state index contributed by atoms with van der Waals surface area (Å²) in [5.74, 6) is -33.1. The molecule has 107 heavy (non-hydrogen) atoms. The van der Waals surface area contributed by atoms with E-state index in [4.69, 9.17) is 13.0 Å². The van der Waals surface area contributed by atoms with Gasteiger partial charge in [-0.1, -0.05) is 6.92 Å². The largest absolute Gasteiger partial charge is 0.748 e. The molecule has 0 bridgehead atoms. The van der Waals surface area contributed by atoms with Gasteiger partial charge in [0, 0.05) is 49.2 Å². The average Bonchev–Trinajstić information content (AvgIpc) is 0.730. The van der Waals surface area contributed by atoms with Crippen molar-refractivity contribution in [2.45, 2.75) is 81.8 Å². The molecule has 0 saturated carbocycles. The fraction of sp³-hybridized carbons (Fsp3) is 0.750. The molecule has 35 nitrogen and oxygen atoms in total. The van der Waals surface area contributed by atoms with Crippen LogP contribution in [0.25, 0.3) is 16.5 Å². The predicted octanol–water partition coefficient (Wildman–Crippen LogP) is 3.84. The first-order valence-electron chi connectivity index (χ1n) is 22.0. The summed E-state index contributed by atoms with van der Waals surface area (Å²) < 4.78 is 682. The van der Waals surface area contributed by atoms with E-state index in [0.29, 0.717) is 6.26 Å². The van der Waals surface area contributed by atoms with Gasteiger partial charge in [-0.25, -0.2) is 123 Å². The number of sulfonamides is 8. The van der Waals surface area contributed by atoms with Crippen LogP contribution in [0.2, 0.25) is 0 Å². The highest BCUT2D eigenvalue weighted by Crippen LogP contribution is 2.56. The molecule has 1 fully saturated rings. The van der Waals surface area contributed by atoms with E-state index in [1.165, 1.54) is 8.25 Å². The van der Waals surface area contributed by atoms with Crippen molar-refractivity contribution in [1.29, 1.82) is 0 Å². The number of alkyl halides is 25. The second-order valence-electron chi connectivity index (χ2n) is 17.4. The highest BCUT2D eigenvalue weighted by Gasteiger charge is 2.84. The van der Waals surface area contributed by atoms with Gasteiger partial charge in [-0.05, 0) is 6.42 Å². The molecule has 1 aromatic carbocycles. The highest BCUT2D eigenvalue weighted by molar-refractivity contribution is 8.29. The third-order valence-corrected chi connectivity index (χ3v) is 28.0. The maximum absolute atomic E-state index is 12.9. The Bertz CT molecular complexity index is 4900. The molecule has 0 N–H and O–H groups in total. The van der Waals surface area contributed by atoms with Gasteiger partial charge in [-0.15, -0.1) is 0 Å². The van der Waals surface area contributed by atoms with Gasteiger partial charge < -0.3 is 30.2 Å². The zero-order valence-electron chi connectivity index (χ0n) is 49.5. The summed E-state index contributed by atoms with van der Waals surface area (Å²) in [6.07, 6.45) is -13.8. The van der Waals surface area contributed by atoms with Gasteiger partial charge in [0.05, 0.1) is 74.0 Å². The summed E-state index contributed by atoms with van der Waals surface area (Å²) >= 11 is 0. The second kappa shape index (κ2) is 36.1. The van der Waals surface area contributed by atoms with E-state index in [1.807, 2.05) is 0 Å². The Morgan fingerprint density at radius 1 is 0.393 bits per heavy atom. The zero-order chi connectivity index (χ0) is 89.4. The van der Waals surface area contributed by atoms with Crippen molar-refractivity contribution in [2.24, 2.45) is 0 Å². The Kier molecular flexibility index (Phi) is 38.5. The van der Waals surface area contributed by atoms with Crippen LogP contribution in [-0.4, -0.2) is 237 Å². The minimum Gasteiger partial charge on any atom is -0.748 e. The number of halogens is 30. The number of hydrogen-bond donors (Lipinski definition) is 0. The molecule has 0 aliphatic carbocycles. The van der Waals surface area contributed by atoms with Crippen LogP contribution < -0.4 is 0 Å². The Morgan fingerprint density at radius 3 is 0.804 bits per heavy atom. The van der Waals surface area contributed by atoms with Crippen molar-refractivity contribution >= 4 is 140 Å². The van der Waals surface area contributed by atoms with Gasteiger partial charge in [0.25, 0.3) is 5.92 Å². The minimum absolute atomic E-state index is 0.0665. The van der Waals surface area contributed by atoms with Crippen molar-refractivity contribution in [1.82, 2.24) is 0 Å². The molecule has 1 aliphatic heterocycles. The summed E-state index contributed by atoms with van der Waals surface area (Å²) in [7, 11) is -76.5. The number of sulfone groups is 3. The molecule has 0 atom stereocenters. The molecular formula is C28H28F30N4O31S14-8. The van der Waals surface area contributed by atoms with E-state index in [1.54, 1.807) is 4.13 Å². The van der Waals surface area contributed by atoms with Crippen LogP contribution in [0.3, 0.4) is 0 Å². The Labute approximate surface area is 580 Å². The molecule has 1 saturated heterocycles. The SMILES string of the molecule is CCC(F)(F)CS(=O)(=O)[O-].CS(=O)(=O)[C-](S(=O)(=O)C(F)(F)F)S(=O)(=O)C(F)(F)F.CS(=O)(=O)[N-]S(=O)(=O)C(F)(F)C(F)(F)C(F)(F)C(F)(F)F.CS(=O)(=O)[N-]S(=O)(=O)C(F)(F)C(F)(F)F.CS(=O)(=O)[N-]S(=O)(=O)C(F)(F)F.CS(=O)(=O)[O-].O=S(=O)([O-])c1c(F)c(F)c(F)c(F)c1F.O=S1(=O)CCCS(=O)(=O)[N-]1. The summed E-state index contributed by atoms with van der Waals surface area (Å²) in [4.78, 5) is -2.38. The molecule has 2 rings (SSSR count). The smallest absolute Gasteiger partial charge is 0.480 e. The van der Waals surface area contributed by atoms with Crippen LogP contribution >= 0.6 is 0 Å². The topological polar surface area (TPSA) is 604 Å². The lowest BCUT2D eigenvalue weighted by Gasteiger charge is -2.36. The molecule has 1 aromatic rings. The van der Waals surface area contributed by atoms with Crippen LogP contribution in [0.5, 0.6) is 0 Å². The van der Waals surface area contributed by atoms with Crippen molar-refractivity contribution in [3.8, 4) is 0 Å². The predicted molar refractivity (Wildman–Crippen MR) is 283 cm³/mol. The lowest BCUT2D eigenvalue weighted by Crippen LogP contribution is -2.63. The van der Waals surface area contributed by atoms with Crippen LogP contribution in [-0.2, 0) is 140 Å². The van der Waals surface area contributed by atoms with E-state index in [0.717, 1.165) is 6.92 Å². The van der Waals surface area contributed by atoms with Gasteiger partial charge in [-0.3, -0.25) is 25.3 Å². The van der Waals surface area contributed by atoms with Crippen molar-refractivity contribution in [3.63, 3.8) is 0 Å². The third kappa shape index (κ3) is 37.1. The summed E-state index contributed by atoms with van der Waals surface area (Å²) in [6.45, 7) is 1.12. The van der Waals surface area contributed by atoms with Crippen LogP contribution in [0.1, 0.15) is 19.8 Å². The van der Waals surface area contributed by atoms with Crippen LogP contribution in [0.4, 0.5) is 132 Å². The average molecular weight is 1940 g/mol. The first kappa shape index (κ1) is 114. The maximum Gasteiger partial charge on any atom is 0.480 e. The van der Waals surface area contributed by atoms with Gasteiger partial charge in [-0.2, -0.15) is 101 Å². The van der Waals surface area contributed by atoms with E-state index in [-0.39, 0.29) is 36.7 Å². The normalized spacial score (nSPS) is 16.0. The molecule has 648 valence electrons. The standard InChI is InChI=1S/C6HF5O3S.C5H3F9NO4S2.C4H3F6O6S3.C4H8F2O3S.C3H3F5NO4S2.C3H6NO4S2.C2H3F3NO4S2.CH4O3S/c7-1-2(8)4(10)6(15(12,13)14)5(11)3(1)9;1-20(16,17)15-21(18,19)5(13,14)3(8,9)2(6,7)4(10,11)12;1-17(11,12)2(18(13,14)3(5,6)7)19(15,16)4(8,9)10;1-2-4(5,6)3-10(7,8)9;1-14(10,11)9-15(12,13)3(7,8)2(4,5)6;5-9(6)2-1-3-10(7,8)4-9;1-11(7,8)6-12(9,10)2(3,4)5;1-5(2,3)4/h(H,12,13,14);1H3;1H3;2-3H2,1H3,(H,7,8,9);1H3;1-3H2;1H3;1H3,(H,2,3,4)/q;2*-1;;3*-1;/p-3.